The van der Waals surface area contributed by atoms with Crippen LogP contribution in [0.3, 0.4) is 0 Å². The number of nitrogens with two attached hydrogens (primary N) is 1. The van der Waals surface area contributed by atoms with Crippen LogP contribution in [-0.4, -0.2) is 36.1 Å². The molecule has 1 aliphatic rings. The Morgan fingerprint density at radius 3 is 3.06 bits per heavy atom. The van der Waals surface area contributed by atoms with Crippen LogP contribution in [0.4, 0.5) is 0 Å². The maximum atomic E-state index is 12.1. The molecule has 1 aliphatic heterocycles. The van der Waals surface area contributed by atoms with Gasteiger partial charge in [0.25, 0.3) is 0 Å². The molecule has 5 nitrogen and oxygen atoms in total. The zero-order chi connectivity index (χ0) is 13.0. The van der Waals surface area contributed by atoms with Gasteiger partial charge in [0, 0.05) is 13.2 Å². The molecular weight excluding hydrogens is 232 g/mol. The van der Waals surface area contributed by atoms with Gasteiger partial charge in [-0.2, -0.15) is 0 Å². The third-order valence-electron chi connectivity index (χ3n) is 3.08. The van der Waals surface area contributed by atoms with E-state index in [-0.39, 0.29) is 12.0 Å². The van der Waals surface area contributed by atoms with Crippen LogP contribution < -0.4 is 5.73 Å². The summed E-state index contributed by atoms with van der Waals surface area (Å²) >= 11 is 0. The molecule has 100 valence electrons. The molecule has 5 heteroatoms. The highest BCUT2D eigenvalue weighted by atomic mass is 16.5. The summed E-state index contributed by atoms with van der Waals surface area (Å²) in [4.78, 5) is 13.8. The van der Waals surface area contributed by atoms with Crippen molar-refractivity contribution in [2.45, 2.75) is 38.5 Å². The van der Waals surface area contributed by atoms with E-state index in [2.05, 4.69) is 0 Å². The van der Waals surface area contributed by atoms with E-state index in [4.69, 9.17) is 14.9 Å². The summed E-state index contributed by atoms with van der Waals surface area (Å²) < 4.78 is 10.9. The second-order valence-electron chi connectivity index (χ2n) is 4.72. The van der Waals surface area contributed by atoms with E-state index in [0.29, 0.717) is 13.1 Å². The van der Waals surface area contributed by atoms with E-state index in [1.54, 1.807) is 18.1 Å². The van der Waals surface area contributed by atoms with E-state index in [1.807, 2.05) is 12.1 Å². The average molecular weight is 252 g/mol. The number of carbonyl (C=O) groups excluding carboxylic acids is 1. The third-order valence-corrected chi connectivity index (χ3v) is 3.08. The Morgan fingerprint density at radius 1 is 1.67 bits per heavy atom. The van der Waals surface area contributed by atoms with Crippen LogP contribution in [0, 0.1) is 0 Å². The Balaban J connectivity index is 1.99. The molecule has 0 unspecified atom stereocenters. The summed E-state index contributed by atoms with van der Waals surface area (Å²) in [6.07, 6.45) is 3.80. The predicted octanol–water partition coefficient (Wildman–Crippen LogP) is 1.13. The number of amides is 1. The summed E-state index contributed by atoms with van der Waals surface area (Å²) in [5.74, 6) is 0.698. The number of ether oxygens (including phenoxy) is 1. The van der Waals surface area contributed by atoms with Gasteiger partial charge in [0.15, 0.2) is 0 Å². The highest BCUT2D eigenvalue weighted by Gasteiger charge is 2.24. The molecule has 1 aromatic heterocycles. The fraction of sp³-hybridized carbons (Fsp3) is 0.615. The van der Waals surface area contributed by atoms with Gasteiger partial charge in [-0.15, -0.1) is 0 Å². The zero-order valence-corrected chi connectivity index (χ0v) is 10.7. The van der Waals surface area contributed by atoms with Gasteiger partial charge in [0.1, 0.15) is 5.76 Å². The van der Waals surface area contributed by atoms with E-state index in [1.165, 1.54) is 0 Å². The summed E-state index contributed by atoms with van der Waals surface area (Å²) in [6, 6.07) is 3.17. The van der Waals surface area contributed by atoms with Crippen LogP contribution in [0.5, 0.6) is 0 Å². The minimum absolute atomic E-state index is 0.0677. The van der Waals surface area contributed by atoms with Gasteiger partial charge in [-0.1, -0.05) is 0 Å². The molecule has 0 aliphatic carbocycles. The molecule has 0 radical (unpaired) electrons. The SMILES string of the molecule is C[C@H](N)C(=O)N(Cc1ccco1)C[C@H]1CCCO1. The molecule has 1 saturated heterocycles. The molecule has 0 aromatic carbocycles. The molecule has 2 rings (SSSR count). The Morgan fingerprint density at radius 2 is 2.50 bits per heavy atom. The summed E-state index contributed by atoms with van der Waals surface area (Å²) in [7, 11) is 0. The first-order valence-electron chi connectivity index (χ1n) is 6.35. The summed E-state index contributed by atoms with van der Waals surface area (Å²) in [5.41, 5.74) is 5.68. The lowest BCUT2D eigenvalue weighted by Gasteiger charge is -2.26. The first kappa shape index (κ1) is 13.1. The summed E-state index contributed by atoms with van der Waals surface area (Å²) in [5, 5.41) is 0. The number of hydrogen-bond acceptors (Lipinski definition) is 4. The van der Waals surface area contributed by atoms with Crippen LogP contribution >= 0.6 is 0 Å². The van der Waals surface area contributed by atoms with Crippen LogP contribution in [0.25, 0.3) is 0 Å². The number of rotatable bonds is 5. The van der Waals surface area contributed by atoms with E-state index in [0.717, 1.165) is 25.2 Å². The minimum atomic E-state index is -0.499. The fourth-order valence-electron chi connectivity index (χ4n) is 2.15. The van der Waals surface area contributed by atoms with E-state index >= 15 is 0 Å². The molecule has 1 amide bonds. The molecule has 18 heavy (non-hydrogen) atoms. The monoisotopic (exact) mass is 252 g/mol. The Kier molecular flexibility index (Phi) is 4.38. The first-order chi connectivity index (χ1) is 8.66. The number of hydrogen-bond donors (Lipinski definition) is 1. The molecule has 2 heterocycles. The molecular formula is C13H20N2O3. The second kappa shape index (κ2) is 6.02. The van der Waals surface area contributed by atoms with E-state index < -0.39 is 6.04 Å². The standard InChI is InChI=1S/C13H20N2O3/c1-10(14)13(16)15(8-11-4-2-6-17-11)9-12-5-3-7-18-12/h2,4,6,10,12H,3,5,7-9,14H2,1H3/t10-,12+/m0/s1. The Labute approximate surface area is 107 Å². The topological polar surface area (TPSA) is 68.7 Å². The number of nitrogens with zero attached hydrogens (tertiary/aromatic N) is 1. The Bertz CT molecular complexity index is 370. The van der Waals surface area contributed by atoms with Gasteiger partial charge in [-0.05, 0) is 31.9 Å². The smallest absolute Gasteiger partial charge is 0.239 e. The minimum Gasteiger partial charge on any atom is -0.467 e. The van der Waals surface area contributed by atoms with Crippen molar-refractivity contribution in [2.24, 2.45) is 5.73 Å². The number of furan rings is 1. The fourth-order valence-corrected chi connectivity index (χ4v) is 2.15. The molecule has 1 aromatic rings. The number of carbonyl (C=O) groups is 1. The van der Waals surface area contributed by atoms with Crippen molar-refractivity contribution in [3.63, 3.8) is 0 Å². The van der Waals surface area contributed by atoms with Gasteiger partial charge in [-0.25, -0.2) is 0 Å². The van der Waals surface area contributed by atoms with Crippen LogP contribution in [0.15, 0.2) is 22.8 Å². The lowest BCUT2D eigenvalue weighted by molar-refractivity contribution is -0.134. The molecule has 1 fully saturated rings. The predicted molar refractivity (Wildman–Crippen MR) is 66.7 cm³/mol. The Hall–Kier alpha value is -1.33. The van der Waals surface area contributed by atoms with Crippen molar-refractivity contribution < 1.29 is 13.9 Å². The van der Waals surface area contributed by atoms with Gasteiger partial charge in [0.2, 0.25) is 5.91 Å². The second-order valence-corrected chi connectivity index (χ2v) is 4.72. The van der Waals surface area contributed by atoms with Crippen LogP contribution in [0.2, 0.25) is 0 Å². The van der Waals surface area contributed by atoms with Gasteiger partial charge in [0.05, 0.1) is 25.0 Å². The quantitative estimate of drug-likeness (QED) is 0.853. The van der Waals surface area contributed by atoms with Crippen molar-refractivity contribution in [1.82, 2.24) is 4.90 Å². The molecule has 2 N–H and O–H groups in total. The molecule has 0 bridgehead atoms. The lowest BCUT2D eigenvalue weighted by Crippen LogP contribution is -2.44. The largest absolute Gasteiger partial charge is 0.467 e. The molecule has 0 spiro atoms. The molecule has 0 saturated carbocycles. The highest BCUT2D eigenvalue weighted by Crippen LogP contribution is 2.15. The van der Waals surface area contributed by atoms with Crippen molar-refractivity contribution in [3.05, 3.63) is 24.2 Å². The zero-order valence-electron chi connectivity index (χ0n) is 10.7. The van der Waals surface area contributed by atoms with Gasteiger partial charge >= 0.3 is 0 Å². The highest BCUT2D eigenvalue weighted by molar-refractivity contribution is 5.81. The van der Waals surface area contributed by atoms with E-state index in [9.17, 15) is 4.79 Å². The maximum Gasteiger partial charge on any atom is 0.239 e. The third kappa shape index (κ3) is 3.34. The van der Waals surface area contributed by atoms with Gasteiger partial charge in [-0.3, -0.25) is 4.79 Å². The normalized spacial score (nSPS) is 20.9. The van der Waals surface area contributed by atoms with Crippen molar-refractivity contribution in [3.8, 4) is 0 Å². The van der Waals surface area contributed by atoms with Crippen molar-refractivity contribution in [1.29, 1.82) is 0 Å². The first-order valence-corrected chi connectivity index (χ1v) is 6.35. The van der Waals surface area contributed by atoms with Crippen LogP contribution in [0.1, 0.15) is 25.5 Å². The average Bonchev–Trinajstić information content (AvgIpc) is 2.99. The van der Waals surface area contributed by atoms with Crippen molar-refractivity contribution >= 4 is 5.91 Å². The molecule has 2 atom stereocenters. The van der Waals surface area contributed by atoms with Gasteiger partial charge < -0.3 is 19.8 Å². The van der Waals surface area contributed by atoms with Crippen molar-refractivity contribution in [2.75, 3.05) is 13.2 Å². The maximum absolute atomic E-state index is 12.1. The van der Waals surface area contributed by atoms with Crippen LogP contribution in [-0.2, 0) is 16.1 Å². The summed E-state index contributed by atoms with van der Waals surface area (Å²) in [6.45, 7) is 3.52. The lowest BCUT2D eigenvalue weighted by atomic mass is 10.2.